The molecule has 0 bridgehead atoms. The number of nitrogens with one attached hydrogen (secondary N) is 2. The summed E-state index contributed by atoms with van der Waals surface area (Å²) >= 11 is 1.13. The number of nitro benzene ring substituents is 1. The molecule has 2 aromatic rings. The van der Waals surface area contributed by atoms with E-state index in [9.17, 15) is 19.3 Å². The van der Waals surface area contributed by atoms with Gasteiger partial charge in [-0.1, -0.05) is 37.4 Å². The SMILES string of the molecule is O=C(CSc1n[nH]c(CCC2CCCC2)n1)Nc1ccc(F)cc1[N+](=O)[O-]. The molecule has 0 unspecified atom stereocenters. The molecule has 144 valence electrons. The second-order valence-electron chi connectivity index (χ2n) is 6.51. The van der Waals surface area contributed by atoms with Crippen molar-refractivity contribution in [1.29, 1.82) is 0 Å². The summed E-state index contributed by atoms with van der Waals surface area (Å²) in [5.74, 6) is 0.378. The number of amides is 1. The predicted octanol–water partition coefficient (Wildman–Crippen LogP) is 3.71. The maximum atomic E-state index is 13.1. The lowest BCUT2D eigenvalue weighted by molar-refractivity contribution is -0.384. The molecule has 1 aromatic heterocycles. The van der Waals surface area contributed by atoms with Crippen molar-refractivity contribution in [3.63, 3.8) is 0 Å². The minimum absolute atomic E-state index is 0.00551. The van der Waals surface area contributed by atoms with Gasteiger partial charge in [0, 0.05) is 6.42 Å². The number of aryl methyl sites for hydroxylation is 1. The zero-order valence-corrected chi connectivity index (χ0v) is 15.4. The van der Waals surface area contributed by atoms with Gasteiger partial charge in [0.1, 0.15) is 17.3 Å². The Kier molecular flexibility index (Phi) is 6.38. The Balaban J connectivity index is 1.49. The van der Waals surface area contributed by atoms with Crippen LogP contribution < -0.4 is 5.32 Å². The van der Waals surface area contributed by atoms with E-state index < -0.39 is 22.3 Å². The number of carbonyl (C=O) groups excluding carboxylic acids is 1. The summed E-state index contributed by atoms with van der Waals surface area (Å²) in [4.78, 5) is 26.6. The summed E-state index contributed by atoms with van der Waals surface area (Å²) in [6, 6.07) is 3.00. The summed E-state index contributed by atoms with van der Waals surface area (Å²) in [6.45, 7) is 0. The fourth-order valence-electron chi connectivity index (χ4n) is 3.17. The number of hydrogen-bond acceptors (Lipinski definition) is 6. The third kappa shape index (κ3) is 5.49. The van der Waals surface area contributed by atoms with Crippen molar-refractivity contribution in [2.75, 3.05) is 11.1 Å². The zero-order chi connectivity index (χ0) is 19.2. The number of anilines is 1. The fraction of sp³-hybridized carbons (Fsp3) is 0.471. The van der Waals surface area contributed by atoms with Gasteiger partial charge < -0.3 is 5.32 Å². The van der Waals surface area contributed by atoms with Crippen molar-refractivity contribution in [3.8, 4) is 0 Å². The van der Waals surface area contributed by atoms with Crippen LogP contribution in [0, 0.1) is 21.8 Å². The molecule has 27 heavy (non-hydrogen) atoms. The van der Waals surface area contributed by atoms with Gasteiger partial charge >= 0.3 is 0 Å². The number of thioether (sulfide) groups is 1. The number of H-pyrrole nitrogens is 1. The predicted molar refractivity (Wildman–Crippen MR) is 99.1 cm³/mol. The second kappa shape index (κ2) is 8.94. The van der Waals surface area contributed by atoms with Crippen molar-refractivity contribution < 1.29 is 14.1 Å². The molecule has 1 aliphatic carbocycles. The molecule has 0 saturated heterocycles. The van der Waals surface area contributed by atoms with Crippen LogP contribution in [-0.4, -0.2) is 31.8 Å². The summed E-state index contributed by atoms with van der Waals surface area (Å²) in [5, 5.41) is 20.8. The van der Waals surface area contributed by atoms with E-state index in [0.29, 0.717) is 5.16 Å². The highest BCUT2D eigenvalue weighted by Gasteiger charge is 2.18. The number of halogens is 1. The minimum Gasteiger partial charge on any atom is -0.320 e. The van der Waals surface area contributed by atoms with Crippen molar-refractivity contribution in [2.45, 2.75) is 43.7 Å². The Morgan fingerprint density at radius 1 is 1.41 bits per heavy atom. The Bertz CT molecular complexity index is 823. The lowest BCUT2D eigenvalue weighted by atomic mass is 10.0. The second-order valence-corrected chi connectivity index (χ2v) is 7.45. The van der Waals surface area contributed by atoms with Gasteiger partial charge in [0.2, 0.25) is 11.1 Å². The van der Waals surface area contributed by atoms with E-state index in [-0.39, 0.29) is 11.4 Å². The molecule has 0 radical (unpaired) electrons. The molecule has 0 atom stereocenters. The van der Waals surface area contributed by atoms with Crippen LogP contribution in [-0.2, 0) is 11.2 Å². The standard InChI is InChI=1S/C17H20FN5O3S/c18-12-6-7-13(14(9-12)23(25)26)19-16(24)10-27-17-20-15(21-22-17)8-5-11-3-1-2-4-11/h6-7,9,11H,1-5,8,10H2,(H,19,24)(H,20,21,22). The van der Waals surface area contributed by atoms with Gasteiger partial charge in [0.05, 0.1) is 16.7 Å². The van der Waals surface area contributed by atoms with Crippen LogP contribution in [0.4, 0.5) is 15.8 Å². The van der Waals surface area contributed by atoms with Crippen molar-refractivity contribution in [1.82, 2.24) is 15.2 Å². The summed E-state index contributed by atoms with van der Waals surface area (Å²) in [7, 11) is 0. The average molecular weight is 393 g/mol. The number of nitrogens with zero attached hydrogens (tertiary/aromatic N) is 3. The van der Waals surface area contributed by atoms with E-state index in [4.69, 9.17) is 0 Å². The van der Waals surface area contributed by atoms with E-state index in [1.165, 1.54) is 31.7 Å². The number of hydrogen-bond donors (Lipinski definition) is 2. The molecule has 1 saturated carbocycles. The highest BCUT2D eigenvalue weighted by Crippen LogP contribution is 2.28. The number of aromatic amines is 1. The van der Waals surface area contributed by atoms with Crippen LogP contribution in [0.25, 0.3) is 0 Å². The molecule has 1 aliphatic rings. The van der Waals surface area contributed by atoms with E-state index in [0.717, 1.165) is 48.5 Å². The van der Waals surface area contributed by atoms with Gasteiger partial charge in [-0.25, -0.2) is 9.37 Å². The van der Waals surface area contributed by atoms with Gasteiger partial charge in [-0.3, -0.25) is 20.0 Å². The fourth-order valence-corrected chi connectivity index (χ4v) is 3.79. The Labute approximate surface area is 159 Å². The normalized spacial score (nSPS) is 14.4. The molecule has 10 heteroatoms. The molecule has 0 spiro atoms. The highest BCUT2D eigenvalue weighted by molar-refractivity contribution is 7.99. The molecule has 0 aliphatic heterocycles. The topological polar surface area (TPSA) is 114 Å². The lowest BCUT2D eigenvalue weighted by Gasteiger charge is -2.05. The van der Waals surface area contributed by atoms with E-state index in [1.807, 2.05) is 0 Å². The molecule has 2 N–H and O–H groups in total. The Morgan fingerprint density at radius 3 is 2.93 bits per heavy atom. The Morgan fingerprint density at radius 2 is 2.19 bits per heavy atom. The third-order valence-corrected chi connectivity index (χ3v) is 5.39. The monoisotopic (exact) mass is 393 g/mol. The Hall–Kier alpha value is -2.49. The van der Waals surface area contributed by atoms with Crippen molar-refractivity contribution in [3.05, 3.63) is 40.0 Å². The number of carbonyl (C=O) groups is 1. The maximum Gasteiger partial charge on any atom is 0.295 e. The van der Waals surface area contributed by atoms with Gasteiger partial charge in [0.15, 0.2) is 0 Å². The first-order chi connectivity index (χ1) is 13.0. The third-order valence-electron chi connectivity index (χ3n) is 4.54. The smallest absolute Gasteiger partial charge is 0.295 e. The minimum atomic E-state index is -0.738. The van der Waals surface area contributed by atoms with E-state index in [1.54, 1.807) is 0 Å². The van der Waals surface area contributed by atoms with Crippen molar-refractivity contribution >= 4 is 29.0 Å². The highest BCUT2D eigenvalue weighted by atomic mass is 32.2. The molecular formula is C17H20FN5O3S. The average Bonchev–Trinajstić information content (AvgIpc) is 3.31. The molecule has 3 rings (SSSR count). The first-order valence-corrected chi connectivity index (χ1v) is 9.77. The summed E-state index contributed by atoms with van der Waals surface area (Å²) < 4.78 is 13.1. The summed E-state index contributed by atoms with van der Waals surface area (Å²) in [6.07, 6.45) is 7.12. The quantitative estimate of drug-likeness (QED) is 0.401. The lowest BCUT2D eigenvalue weighted by Crippen LogP contribution is -2.15. The van der Waals surface area contributed by atoms with Gasteiger partial charge in [0.25, 0.3) is 5.69 Å². The van der Waals surface area contributed by atoms with Crippen molar-refractivity contribution in [2.24, 2.45) is 5.92 Å². The van der Waals surface area contributed by atoms with E-state index >= 15 is 0 Å². The molecular weight excluding hydrogens is 373 g/mol. The number of nitro groups is 1. The number of benzene rings is 1. The van der Waals surface area contributed by atoms with Crippen LogP contribution >= 0.6 is 11.8 Å². The van der Waals surface area contributed by atoms with Crippen LogP contribution in [0.3, 0.4) is 0 Å². The first-order valence-electron chi connectivity index (χ1n) is 8.79. The van der Waals surface area contributed by atoms with Crippen LogP contribution in [0.15, 0.2) is 23.4 Å². The van der Waals surface area contributed by atoms with E-state index in [2.05, 4.69) is 20.5 Å². The summed E-state index contributed by atoms with van der Waals surface area (Å²) in [5.41, 5.74) is -0.528. The molecule has 1 aromatic carbocycles. The molecule has 1 amide bonds. The van der Waals surface area contributed by atoms with Crippen LogP contribution in [0.5, 0.6) is 0 Å². The van der Waals surface area contributed by atoms with Gasteiger partial charge in [-0.15, -0.1) is 5.10 Å². The number of aromatic nitrogens is 3. The number of rotatable bonds is 8. The largest absolute Gasteiger partial charge is 0.320 e. The molecule has 1 fully saturated rings. The molecule has 8 nitrogen and oxygen atoms in total. The van der Waals surface area contributed by atoms with Crippen LogP contribution in [0.2, 0.25) is 0 Å². The van der Waals surface area contributed by atoms with Crippen LogP contribution in [0.1, 0.15) is 37.9 Å². The maximum absolute atomic E-state index is 13.1. The van der Waals surface area contributed by atoms with Gasteiger partial charge in [-0.2, -0.15) is 0 Å². The first kappa shape index (κ1) is 19.3. The zero-order valence-electron chi connectivity index (χ0n) is 14.6. The van der Waals surface area contributed by atoms with Gasteiger partial charge in [-0.05, 0) is 24.5 Å². The molecule has 1 heterocycles.